The summed E-state index contributed by atoms with van der Waals surface area (Å²) in [6.07, 6.45) is 2.03. The Kier molecular flexibility index (Phi) is 4.99. The highest BCUT2D eigenvalue weighted by Crippen LogP contribution is 2.44. The first-order valence-electron chi connectivity index (χ1n) is 11.5. The lowest BCUT2D eigenvalue weighted by Gasteiger charge is -2.40. The standard InChI is InChI=1S/C28H28N2O3/c1-31-20-7-5-6-18(12-20)17-33-28-15-22-19(13-27(28)32-2)10-11-30-16-25-23(14-26(22)30)21-8-3-4-9-24(21)29-25/h3-9,12-13,15,26,29H,10-11,14,16-17H2,1-2H3. The lowest BCUT2D eigenvalue weighted by atomic mass is 9.85. The van der Waals surface area contributed by atoms with Crippen molar-refractivity contribution in [2.75, 3.05) is 20.8 Å². The summed E-state index contributed by atoms with van der Waals surface area (Å²) in [4.78, 5) is 6.25. The molecule has 5 heteroatoms. The summed E-state index contributed by atoms with van der Waals surface area (Å²) in [5, 5.41) is 1.35. The summed E-state index contributed by atoms with van der Waals surface area (Å²) in [6, 6.07) is 21.4. The van der Waals surface area contributed by atoms with Crippen LogP contribution in [0.3, 0.4) is 0 Å². The maximum atomic E-state index is 6.28. The lowest BCUT2D eigenvalue weighted by molar-refractivity contribution is 0.158. The van der Waals surface area contributed by atoms with Gasteiger partial charge in [-0.05, 0) is 65.4 Å². The molecule has 5 nitrogen and oxygen atoms in total. The molecular weight excluding hydrogens is 412 g/mol. The summed E-state index contributed by atoms with van der Waals surface area (Å²) in [6.45, 7) is 2.48. The molecule has 0 fully saturated rings. The van der Waals surface area contributed by atoms with Crippen LogP contribution in [0.5, 0.6) is 17.2 Å². The second-order valence-corrected chi connectivity index (χ2v) is 8.91. The molecule has 6 rings (SSSR count). The van der Waals surface area contributed by atoms with Crippen molar-refractivity contribution in [1.82, 2.24) is 9.88 Å². The van der Waals surface area contributed by atoms with Crippen LogP contribution in [0.15, 0.2) is 60.7 Å². The fourth-order valence-electron chi connectivity index (χ4n) is 5.41. The first-order chi connectivity index (χ1) is 16.2. The molecule has 3 aromatic carbocycles. The summed E-state index contributed by atoms with van der Waals surface area (Å²) in [5.41, 5.74) is 7.84. The van der Waals surface area contributed by atoms with Crippen LogP contribution in [0, 0.1) is 0 Å². The second-order valence-electron chi connectivity index (χ2n) is 8.91. The van der Waals surface area contributed by atoms with Crippen molar-refractivity contribution in [3.05, 3.63) is 88.6 Å². The van der Waals surface area contributed by atoms with E-state index < -0.39 is 0 Å². The van der Waals surface area contributed by atoms with E-state index in [0.29, 0.717) is 12.6 Å². The number of fused-ring (bicyclic) bond motifs is 6. The van der Waals surface area contributed by atoms with Gasteiger partial charge in [-0.2, -0.15) is 0 Å². The van der Waals surface area contributed by atoms with Gasteiger partial charge in [-0.25, -0.2) is 0 Å². The molecule has 1 atom stereocenters. The number of para-hydroxylation sites is 1. The Morgan fingerprint density at radius 3 is 2.76 bits per heavy atom. The molecule has 1 unspecified atom stereocenters. The Hall–Kier alpha value is -3.44. The number of nitrogens with zero attached hydrogens (tertiary/aromatic N) is 1. The van der Waals surface area contributed by atoms with E-state index >= 15 is 0 Å². The van der Waals surface area contributed by atoms with Gasteiger partial charge in [0.05, 0.1) is 14.2 Å². The number of nitrogens with one attached hydrogen (secondary N) is 1. The maximum absolute atomic E-state index is 6.28. The molecule has 4 aromatic rings. The smallest absolute Gasteiger partial charge is 0.162 e. The number of hydrogen-bond acceptors (Lipinski definition) is 4. The Morgan fingerprint density at radius 1 is 0.970 bits per heavy atom. The van der Waals surface area contributed by atoms with E-state index in [9.17, 15) is 0 Å². The average Bonchev–Trinajstić information content (AvgIpc) is 3.23. The molecule has 3 heterocycles. The molecule has 2 aliphatic rings. The van der Waals surface area contributed by atoms with Gasteiger partial charge in [0.15, 0.2) is 11.5 Å². The molecule has 0 radical (unpaired) electrons. The predicted molar refractivity (Wildman–Crippen MR) is 129 cm³/mol. The Labute approximate surface area is 193 Å². The number of aromatic nitrogens is 1. The number of aromatic amines is 1. The van der Waals surface area contributed by atoms with Crippen LogP contribution >= 0.6 is 0 Å². The first kappa shape index (κ1) is 20.2. The molecular formula is C28H28N2O3. The summed E-state index contributed by atoms with van der Waals surface area (Å²) < 4.78 is 17.3. The SMILES string of the molecule is COc1cccc(COc2cc3c(cc2OC)CCN2Cc4[nH]c5ccccc5c4CC32)c1. The van der Waals surface area contributed by atoms with Crippen molar-refractivity contribution >= 4 is 10.9 Å². The molecule has 0 bridgehead atoms. The van der Waals surface area contributed by atoms with Crippen molar-refractivity contribution in [3.8, 4) is 17.2 Å². The molecule has 0 aliphatic carbocycles. The summed E-state index contributed by atoms with van der Waals surface area (Å²) >= 11 is 0. The predicted octanol–water partition coefficient (Wildman–Crippen LogP) is 5.42. The van der Waals surface area contributed by atoms with Crippen molar-refractivity contribution < 1.29 is 14.2 Å². The van der Waals surface area contributed by atoms with E-state index in [1.54, 1.807) is 14.2 Å². The third kappa shape index (κ3) is 3.53. The van der Waals surface area contributed by atoms with Gasteiger partial charge in [-0.1, -0.05) is 30.3 Å². The highest BCUT2D eigenvalue weighted by molar-refractivity contribution is 5.85. The minimum absolute atomic E-state index is 0.352. The zero-order valence-electron chi connectivity index (χ0n) is 19.1. The molecule has 33 heavy (non-hydrogen) atoms. The van der Waals surface area contributed by atoms with Crippen LogP contribution in [-0.2, 0) is 26.0 Å². The number of rotatable bonds is 5. The van der Waals surface area contributed by atoms with Gasteiger partial charge in [0.25, 0.3) is 0 Å². The molecule has 0 saturated heterocycles. The molecule has 2 aliphatic heterocycles. The molecule has 0 spiro atoms. The highest BCUT2D eigenvalue weighted by Gasteiger charge is 2.34. The molecule has 1 N–H and O–H groups in total. The summed E-state index contributed by atoms with van der Waals surface area (Å²) in [5.74, 6) is 2.43. The minimum atomic E-state index is 0.352. The van der Waals surface area contributed by atoms with Gasteiger partial charge < -0.3 is 19.2 Å². The van der Waals surface area contributed by atoms with Crippen LogP contribution in [-0.4, -0.2) is 30.6 Å². The normalized spacial score (nSPS) is 17.2. The van der Waals surface area contributed by atoms with Crippen LogP contribution in [0.25, 0.3) is 10.9 Å². The van der Waals surface area contributed by atoms with Gasteiger partial charge >= 0.3 is 0 Å². The summed E-state index contributed by atoms with van der Waals surface area (Å²) in [7, 11) is 3.40. The van der Waals surface area contributed by atoms with E-state index in [1.165, 1.54) is 33.3 Å². The van der Waals surface area contributed by atoms with Gasteiger partial charge in [0, 0.05) is 35.7 Å². The molecule has 168 valence electrons. The quantitative estimate of drug-likeness (QED) is 0.450. The highest BCUT2D eigenvalue weighted by atomic mass is 16.5. The average molecular weight is 441 g/mol. The van der Waals surface area contributed by atoms with Gasteiger partial charge in [-0.3, -0.25) is 4.90 Å². The number of H-pyrrole nitrogens is 1. The first-order valence-corrected chi connectivity index (χ1v) is 11.5. The van der Waals surface area contributed by atoms with Crippen molar-refractivity contribution in [1.29, 1.82) is 0 Å². The molecule has 0 saturated carbocycles. The fraction of sp³-hybridized carbons (Fsp3) is 0.286. The lowest BCUT2D eigenvalue weighted by Crippen LogP contribution is -2.39. The van der Waals surface area contributed by atoms with Gasteiger partial charge in [-0.15, -0.1) is 0 Å². The van der Waals surface area contributed by atoms with E-state index in [0.717, 1.165) is 48.7 Å². The van der Waals surface area contributed by atoms with Crippen LogP contribution in [0.1, 0.15) is 34.0 Å². The zero-order valence-corrected chi connectivity index (χ0v) is 19.1. The molecule has 0 amide bonds. The third-order valence-corrected chi connectivity index (χ3v) is 7.08. The zero-order chi connectivity index (χ0) is 22.4. The van der Waals surface area contributed by atoms with E-state index in [-0.39, 0.29) is 0 Å². The fourth-order valence-corrected chi connectivity index (χ4v) is 5.41. The van der Waals surface area contributed by atoms with Crippen molar-refractivity contribution in [3.63, 3.8) is 0 Å². The van der Waals surface area contributed by atoms with E-state index in [4.69, 9.17) is 14.2 Å². The third-order valence-electron chi connectivity index (χ3n) is 7.08. The van der Waals surface area contributed by atoms with Crippen molar-refractivity contribution in [2.45, 2.75) is 32.0 Å². The largest absolute Gasteiger partial charge is 0.497 e. The van der Waals surface area contributed by atoms with E-state index in [2.05, 4.69) is 52.3 Å². The van der Waals surface area contributed by atoms with Crippen molar-refractivity contribution in [2.24, 2.45) is 0 Å². The van der Waals surface area contributed by atoms with Crippen LogP contribution in [0.2, 0.25) is 0 Å². The topological polar surface area (TPSA) is 46.7 Å². The number of benzene rings is 3. The van der Waals surface area contributed by atoms with Crippen LogP contribution in [0.4, 0.5) is 0 Å². The number of methoxy groups -OCH3 is 2. The Bertz CT molecular complexity index is 1330. The number of hydrogen-bond donors (Lipinski definition) is 1. The van der Waals surface area contributed by atoms with Gasteiger partial charge in [0.1, 0.15) is 12.4 Å². The van der Waals surface area contributed by atoms with E-state index in [1.807, 2.05) is 18.2 Å². The van der Waals surface area contributed by atoms with Crippen LogP contribution < -0.4 is 14.2 Å². The van der Waals surface area contributed by atoms with Gasteiger partial charge in [0.2, 0.25) is 0 Å². The maximum Gasteiger partial charge on any atom is 0.162 e. The minimum Gasteiger partial charge on any atom is -0.497 e. The molecule has 1 aromatic heterocycles. The Morgan fingerprint density at radius 2 is 1.88 bits per heavy atom. The Balaban J connectivity index is 1.33. The number of ether oxygens (including phenoxy) is 3. The monoisotopic (exact) mass is 440 g/mol. The second kappa shape index (κ2) is 8.16.